The van der Waals surface area contributed by atoms with Gasteiger partial charge in [-0.25, -0.2) is 0 Å². The van der Waals surface area contributed by atoms with Crippen molar-refractivity contribution in [2.24, 2.45) is 11.3 Å². The number of amides is 2. The Bertz CT molecular complexity index is 436. The average molecular weight is 381 g/mol. The molecule has 2 N–H and O–H groups in total. The van der Waals surface area contributed by atoms with Gasteiger partial charge in [0, 0.05) is 52.1 Å². The fraction of sp³-hybridized carbons (Fsp3) is 0.875. The standard InChI is InChI=1S/C16H28N4O2.2ClH/c1-13(21)20-10-8-19(9-11-20)7-6-18-15(22)14-12-16(14)2-4-17-5-3-16;;/h14,17H,2-12H2,1H3,(H,18,22);2*1H. The zero-order valence-electron chi connectivity index (χ0n) is 14.4. The molecule has 1 atom stereocenters. The van der Waals surface area contributed by atoms with Crippen molar-refractivity contribution in [2.75, 3.05) is 52.4 Å². The summed E-state index contributed by atoms with van der Waals surface area (Å²) in [5.74, 6) is 0.669. The average Bonchev–Trinajstić information content (AvgIpc) is 3.21. The maximum atomic E-state index is 12.3. The molecule has 0 radical (unpaired) electrons. The molecular formula is C16H30Cl2N4O2. The number of nitrogens with one attached hydrogen (secondary N) is 2. The van der Waals surface area contributed by atoms with E-state index in [1.54, 1.807) is 6.92 Å². The zero-order valence-corrected chi connectivity index (χ0v) is 16.0. The molecule has 6 nitrogen and oxygen atoms in total. The second-order valence-corrected chi connectivity index (χ2v) is 7.01. The van der Waals surface area contributed by atoms with Gasteiger partial charge >= 0.3 is 0 Å². The molecule has 2 heterocycles. The lowest BCUT2D eigenvalue weighted by Gasteiger charge is -2.34. The van der Waals surface area contributed by atoms with E-state index in [9.17, 15) is 9.59 Å². The van der Waals surface area contributed by atoms with Crippen LogP contribution in [0.1, 0.15) is 26.2 Å². The number of hydrogen-bond donors (Lipinski definition) is 2. The molecule has 0 aromatic rings. The largest absolute Gasteiger partial charge is 0.355 e. The van der Waals surface area contributed by atoms with Gasteiger partial charge in [0.1, 0.15) is 0 Å². The Labute approximate surface area is 156 Å². The van der Waals surface area contributed by atoms with Gasteiger partial charge in [0.15, 0.2) is 0 Å². The first-order valence-corrected chi connectivity index (χ1v) is 8.57. The van der Waals surface area contributed by atoms with Gasteiger partial charge in [0.2, 0.25) is 11.8 Å². The van der Waals surface area contributed by atoms with Crippen molar-refractivity contribution in [1.82, 2.24) is 20.4 Å². The summed E-state index contributed by atoms with van der Waals surface area (Å²) in [6.45, 7) is 8.80. The van der Waals surface area contributed by atoms with Crippen LogP contribution in [0.15, 0.2) is 0 Å². The third kappa shape index (κ3) is 4.97. The predicted octanol–water partition coefficient (Wildman–Crippen LogP) is 0.500. The normalized spacial score (nSPS) is 25.4. The van der Waals surface area contributed by atoms with Gasteiger partial charge in [-0.15, -0.1) is 24.8 Å². The minimum absolute atomic E-state index is 0. The number of piperidine rings is 1. The molecule has 2 aliphatic heterocycles. The van der Waals surface area contributed by atoms with E-state index in [1.807, 2.05) is 4.90 Å². The zero-order chi connectivity index (χ0) is 15.6. The van der Waals surface area contributed by atoms with Crippen molar-refractivity contribution >= 4 is 36.6 Å². The van der Waals surface area contributed by atoms with E-state index in [0.29, 0.717) is 5.41 Å². The first kappa shape index (κ1) is 21.5. The molecule has 1 aliphatic carbocycles. The van der Waals surface area contributed by atoms with Crippen LogP contribution in [0.5, 0.6) is 0 Å². The van der Waals surface area contributed by atoms with Gasteiger partial charge < -0.3 is 15.5 Å². The molecule has 3 rings (SSSR count). The monoisotopic (exact) mass is 380 g/mol. The first-order chi connectivity index (χ1) is 10.6. The molecule has 24 heavy (non-hydrogen) atoms. The maximum absolute atomic E-state index is 12.3. The molecule has 3 aliphatic rings. The Morgan fingerprint density at radius 1 is 1.12 bits per heavy atom. The Morgan fingerprint density at radius 3 is 2.33 bits per heavy atom. The minimum atomic E-state index is 0. The summed E-state index contributed by atoms with van der Waals surface area (Å²) in [5, 5.41) is 6.49. The predicted molar refractivity (Wildman–Crippen MR) is 98.8 cm³/mol. The van der Waals surface area contributed by atoms with Crippen LogP contribution in [0, 0.1) is 11.3 Å². The molecular weight excluding hydrogens is 351 g/mol. The van der Waals surface area contributed by atoms with E-state index in [2.05, 4.69) is 15.5 Å². The summed E-state index contributed by atoms with van der Waals surface area (Å²) < 4.78 is 0. The van der Waals surface area contributed by atoms with Crippen molar-refractivity contribution in [3.63, 3.8) is 0 Å². The highest BCUT2D eigenvalue weighted by atomic mass is 35.5. The third-order valence-corrected chi connectivity index (χ3v) is 5.65. The van der Waals surface area contributed by atoms with Crippen LogP contribution in [0.25, 0.3) is 0 Å². The molecule has 1 saturated carbocycles. The molecule has 0 aromatic heterocycles. The van der Waals surface area contributed by atoms with E-state index in [4.69, 9.17) is 0 Å². The maximum Gasteiger partial charge on any atom is 0.223 e. The Hall–Kier alpha value is -0.560. The van der Waals surface area contributed by atoms with E-state index in [0.717, 1.165) is 71.6 Å². The van der Waals surface area contributed by atoms with Crippen molar-refractivity contribution in [2.45, 2.75) is 26.2 Å². The fourth-order valence-corrected chi connectivity index (χ4v) is 3.94. The van der Waals surface area contributed by atoms with E-state index >= 15 is 0 Å². The van der Waals surface area contributed by atoms with Gasteiger partial charge in [-0.2, -0.15) is 0 Å². The molecule has 2 amide bonds. The number of rotatable bonds is 4. The van der Waals surface area contributed by atoms with E-state index < -0.39 is 0 Å². The summed E-state index contributed by atoms with van der Waals surface area (Å²) in [6.07, 6.45) is 3.38. The molecule has 2 saturated heterocycles. The lowest BCUT2D eigenvalue weighted by atomic mass is 9.92. The molecule has 140 valence electrons. The van der Waals surface area contributed by atoms with Crippen LogP contribution in [-0.2, 0) is 9.59 Å². The van der Waals surface area contributed by atoms with E-state index in [-0.39, 0.29) is 42.5 Å². The van der Waals surface area contributed by atoms with Gasteiger partial charge in [0.05, 0.1) is 0 Å². The molecule has 8 heteroatoms. The third-order valence-electron chi connectivity index (χ3n) is 5.65. The Balaban J connectivity index is 0.00000144. The van der Waals surface area contributed by atoms with Crippen molar-refractivity contribution in [1.29, 1.82) is 0 Å². The minimum Gasteiger partial charge on any atom is -0.355 e. The summed E-state index contributed by atoms with van der Waals surface area (Å²) in [5.41, 5.74) is 0.322. The number of hydrogen-bond acceptors (Lipinski definition) is 4. The van der Waals surface area contributed by atoms with E-state index in [1.165, 1.54) is 0 Å². The number of piperazine rings is 1. The highest BCUT2D eigenvalue weighted by molar-refractivity contribution is 5.85. The lowest BCUT2D eigenvalue weighted by Crippen LogP contribution is -2.49. The number of halogens is 2. The second-order valence-electron chi connectivity index (χ2n) is 7.01. The summed E-state index contributed by atoms with van der Waals surface area (Å²) in [7, 11) is 0. The number of carbonyl (C=O) groups is 2. The van der Waals surface area contributed by atoms with Gasteiger partial charge in [0.25, 0.3) is 0 Å². The smallest absolute Gasteiger partial charge is 0.223 e. The van der Waals surface area contributed by atoms with Crippen LogP contribution in [0.4, 0.5) is 0 Å². The van der Waals surface area contributed by atoms with Crippen molar-refractivity contribution in [3.05, 3.63) is 0 Å². The first-order valence-electron chi connectivity index (χ1n) is 8.57. The lowest BCUT2D eigenvalue weighted by molar-refractivity contribution is -0.130. The van der Waals surface area contributed by atoms with Crippen LogP contribution >= 0.6 is 24.8 Å². The molecule has 1 spiro atoms. The summed E-state index contributed by atoms with van der Waals surface area (Å²) in [4.78, 5) is 27.8. The van der Waals surface area contributed by atoms with Crippen LogP contribution < -0.4 is 10.6 Å². The quantitative estimate of drug-likeness (QED) is 0.745. The highest BCUT2D eigenvalue weighted by Crippen LogP contribution is 2.58. The SMILES string of the molecule is CC(=O)N1CCN(CCNC(=O)C2CC23CCNCC3)CC1.Cl.Cl. The molecule has 3 fully saturated rings. The van der Waals surface area contributed by atoms with Gasteiger partial charge in [-0.05, 0) is 37.8 Å². The van der Waals surface area contributed by atoms with Gasteiger partial charge in [-0.3, -0.25) is 14.5 Å². The number of carbonyl (C=O) groups excluding carboxylic acids is 2. The molecule has 0 aromatic carbocycles. The molecule has 1 unspecified atom stereocenters. The van der Waals surface area contributed by atoms with Crippen molar-refractivity contribution < 1.29 is 9.59 Å². The van der Waals surface area contributed by atoms with Gasteiger partial charge in [-0.1, -0.05) is 0 Å². The summed E-state index contributed by atoms with van der Waals surface area (Å²) in [6, 6.07) is 0. The highest BCUT2D eigenvalue weighted by Gasteiger charge is 2.57. The fourth-order valence-electron chi connectivity index (χ4n) is 3.94. The van der Waals surface area contributed by atoms with Crippen molar-refractivity contribution in [3.8, 4) is 0 Å². The molecule has 0 bridgehead atoms. The topological polar surface area (TPSA) is 64.7 Å². The summed E-state index contributed by atoms with van der Waals surface area (Å²) >= 11 is 0. The van der Waals surface area contributed by atoms with Crippen LogP contribution in [0.3, 0.4) is 0 Å². The second kappa shape index (κ2) is 9.22. The Morgan fingerprint density at radius 2 is 1.75 bits per heavy atom. The number of nitrogens with zero attached hydrogens (tertiary/aromatic N) is 2. The van der Waals surface area contributed by atoms with Crippen LogP contribution in [-0.4, -0.2) is 74.0 Å². The Kier molecular flexibility index (Phi) is 8.26. The van der Waals surface area contributed by atoms with Crippen LogP contribution in [0.2, 0.25) is 0 Å².